The lowest BCUT2D eigenvalue weighted by molar-refractivity contribution is 0.139. The summed E-state index contributed by atoms with van der Waals surface area (Å²) < 4.78 is 5.43. The van der Waals surface area contributed by atoms with Gasteiger partial charge in [-0.05, 0) is 48.1 Å². The molecule has 0 aliphatic carbocycles. The van der Waals surface area contributed by atoms with Gasteiger partial charge >= 0.3 is 0 Å². The number of hydrogen-bond donors (Lipinski definition) is 1. The third kappa shape index (κ3) is 2.56. The predicted octanol–water partition coefficient (Wildman–Crippen LogP) is 2.19. The molecule has 2 nitrogen and oxygen atoms in total. The Morgan fingerprint density at radius 1 is 1.43 bits per heavy atom. The highest BCUT2D eigenvalue weighted by Crippen LogP contribution is 2.24. The van der Waals surface area contributed by atoms with E-state index in [4.69, 9.17) is 10.5 Å². The molecular formula is C11H17NOS. The molecule has 1 aliphatic heterocycles. The molecule has 1 saturated heterocycles. The molecule has 1 aromatic heterocycles. The first-order valence-electron chi connectivity index (χ1n) is 5.16. The second-order valence-electron chi connectivity index (χ2n) is 4.14. The second kappa shape index (κ2) is 4.43. The van der Waals surface area contributed by atoms with Crippen LogP contribution in [0.5, 0.6) is 0 Å². The molecule has 2 N–H and O–H groups in total. The third-order valence-corrected chi connectivity index (χ3v) is 3.58. The van der Waals surface area contributed by atoms with Crippen molar-refractivity contribution in [3.63, 3.8) is 0 Å². The molecule has 2 heterocycles. The Morgan fingerprint density at radius 3 is 3.14 bits per heavy atom. The Hall–Kier alpha value is -0.380. The first-order valence-corrected chi connectivity index (χ1v) is 6.11. The van der Waals surface area contributed by atoms with Crippen LogP contribution < -0.4 is 5.73 Å². The zero-order chi connectivity index (χ0) is 9.86. The standard InChI is InChI=1S/C11H17NOS/c12-11(3-1-5-13-6-4-11)8-10-2-7-14-9-10/h2,7,9H,1,3-6,8,12H2. The predicted molar refractivity (Wildman–Crippen MR) is 59.6 cm³/mol. The largest absolute Gasteiger partial charge is 0.381 e. The molecule has 1 fully saturated rings. The minimum Gasteiger partial charge on any atom is -0.381 e. The van der Waals surface area contributed by atoms with E-state index in [1.54, 1.807) is 11.3 Å². The molecule has 1 aromatic rings. The summed E-state index contributed by atoms with van der Waals surface area (Å²) in [5.74, 6) is 0. The van der Waals surface area contributed by atoms with Crippen LogP contribution in [0.3, 0.4) is 0 Å². The van der Waals surface area contributed by atoms with Gasteiger partial charge in [0.15, 0.2) is 0 Å². The van der Waals surface area contributed by atoms with E-state index in [0.717, 1.165) is 38.9 Å². The van der Waals surface area contributed by atoms with Crippen molar-refractivity contribution in [2.24, 2.45) is 5.73 Å². The average Bonchev–Trinajstić information content (AvgIpc) is 2.55. The summed E-state index contributed by atoms with van der Waals surface area (Å²) in [4.78, 5) is 0. The average molecular weight is 211 g/mol. The van der Waals surface area contributed by atoms with Crippen molar-refractivity contribution in [2.45, 2.75) is 31.2 Å². The molecule has 3 heteroatoms. The van der Waals surface area contributed by atoms with Gasteiger partial charge in [0.2, 0.25) is 0 Å². The van der Waals surface area contributed by atoms with Gasteiger partial charge in [-0.1, -0.05) is 0 Å². The monoisotopic (exact) mass is 211 g/mol. The second-order valence-corrected chi connectivity index (χ2v) is 4.92. The molecule has 1 aliphatic rings. The van der Waals surface area contributed by atoms with Gasteiger partial charge in [-0.25, -0.2) is 0 Å². The minimum atomic E-state index is -0.0302. The van der Waals surface area contributed by atoms with Crippen molar-refractivity contribution in [3.8, 4) is 0 Å². The van der Waals surface area contributed by atoms with E-state index in [-0.39, 0.29) is 5.54 Å². The van der Waals surface area contributed by atoms with Crippen molar-refractivity contribution < 1.29 is 4.74 Å². The normalized spacial score (nSPS) is 28.6. The van der Waals surface area contributed by atoms with Gasteiger partial charge in [0.25, 0.3) is 0 Å². The highest BCUT2D eigenvalue weighted by atomic mass is 32.1. The maximum Gasteiger partial charge on any atom is 0.0483 e. The van der Waals surface area contributed by atoms with E-state index < -0.39 is 0 Å². The van der Waals surface area contributed by atoms with Crippen molar-refractivity contribution in [1.82, 2.24) is 0 Å². The molecule has 78 valence electrons. The van der Waals surface area contributed by atoms with Crippen LogP contribution in [0.2, 0.25) is 0 Å². The van der Waals surface area contributed by atoms with Gasteiger partial charge in [0, 0.05) is 18.8 Å². The summed E-state index contributed by atoms with van der Waals surface area (Å²) in [6.45, 7) is 1.70. The zero-order valence-electron chi connectivity index (χ0n) is 8.37. The van der Waals surface area contributed by atoms with Gasteiger partial charge in [-0.15, -0.1) is 0 Å². The lowest BCUT2D eigenvalue weighted by Crippen LogP contribution is -2.42. The lowest BCUT2D eigenvalue weighted by Gasteiger charge is -2.26. The Morgan fingerprint density at radius 2 is 2.36 bits per heavy atom. The van der Waals surface area contributed by atoms with Crippen LogP contribution >= 0.6 is 11.3 Å². The van der Waals surface area contributed by atoms with Crippen LogP contribution in [-0.2, 0) is 11.2 Å². The van der Waals surface area contributed by atoms with Crippen molar-refractivity contribution in [2.75, 3.05) is 13.2 Å². The summed E-state index contributed by atoms with van der Waals surface area (Å²) in [7, 11) is 0. The molecule has 0 bridgehead atoms. The van der Waals surface area contributed by atoms with E-state index in [9.17, 15) is 0 Å². The van der Waals surface area contributed by atoms with Crippen LogP contribution in [0.25, 0.3) is 0 Å². The highest BCUT2D eigenvalue weighted by molar-refractivity contribution is 7.07. The summed E-state index contributed by atoms with van der Waals surface area (Å²) in [6, 6.07) is 2.17. The van der Waals surface area contributed by atoms with E-state index in [0.29, 0.717) is 0 Å². The van der Waals surface area contributed by atoms with Crippen LogP contribution in [0.1, 0.15) is 24.8 Å². The zero-order valence-corrected chi connectivity index (χ0v) is 9.19. The van der Waals surface area contributed by atoms with Crippen molar-refractivity contribution >= 4 is 11.3 Å². The van der Waals surface area contributed by atoms with Gasteiger partial charge in [0.1, 0.15) is 0 Å². The fourth-order valence-corrected chi connectivity index (χ4v) is 2.67. The Kier molecular flexibility index (Phi) is 3.21. The van der Waals surface area contributed by atoms with Crippen LogP contribution in [0.4, 0.5) is 0 Å². The highest BCUT2D eigenvalue weighted by Gasteiger charge is 2.26. The Labute approximate surface area is 89.1 Å². The number of ether oxygens (including phenoxy) is 1. The van der Waals surface area contributed by atoms with Crippen LogP contribution in [-0.4, -0.2) is 18.8 Å². The maximum atomic E-state index is 6.37. The summed E-state index contributed by atoms with van der Waals surface area (Å²) in [5, 5.41) is 4.31. The van der Waals surface area contributed by atoms with Gasteiger partial charge in [0.05, 0.1) is 0 Å². The number of hydrogen-bond acceptors (Lipinski definition) is 3. The molecular weight excluding hydrogens is 194 g/mol. The first kappa shape index (κ1) is 10.1. The number of rotatable bonds is 2. The molecule has 1 atom stereocenters. The molecule has 0 saturated carbocycles. The van der Waals surface area contributed by atoms with Crippen molar-refractivity contribution in [1.29, 1.82) is 0 Å². The molecule has 14 heavy (non-hydrogen) atoms. The van der Waals surface area contributed by atoms with Crippen molar-refractivity contribution in [3.05, 3.63) is 22.4 Å². The summed E-state index contributed by atoms with van der Waals surface area (Å²) in [6.07, 6.45) is 4.17. The summed E-state index contributed by atoms with van der Waals surface area (Å²) in [5.41, 5.74) is 7.72. The fourth-order valence-electron chi connectivity index (χ4n) is 2.01. The molecule has 0 amide bonds. The Balaban J connectivity index is 1.99. The first-order chi connectivity index (χ1) is 6.79. The Bertz CT molecular complexity index is 263. The van der Waals surface area contributed by atoms with Crippen LogP contribution in [0.15, 0.2) is 16.8 Å². The quantitative estimate of drug-likeness (QED) is 0.814. The molecule has 2 rings (SSSR count). The van der Waals surface area contributed by atoms with E-state index in [1.165, 1.54) is 5.56 Å². The number of nitrogens with two attached hydrogens (primary N) is 1. The topological polar surface area (TPSA) is 35.2 Å². The third-order valence-electron chi connectivity index (χ3n) is 2.84. The molecule has 0 aromatic carbocycles. The SMILES string of the molecule is NC1(Cc2ccsc2)CCCOCC1. The van der Waals surface area contributed by atoms with Gasteiger partial charge in [-0.3, -0.25) is 0 Å². The molecule has 1 unspecified atom stereocenters. The number of thiophene rings is 1. The molecule has 0 radical (unpaired) electrons. The van der Waals surface area contributed by atoms with E-state index in [2.05, 4.69) is 16.8 Å². The van der Waals surface area contributed by atoms with E-state index >= 15 is 0 Å². The summed E-state index contributed by atoms with van der Waals surface area (Å²) >= 11 is 1.75. The minimum absolute atomic E-state index is 0.0302. The maximum absolute atomic E-state index is 6.37. The van der Waals surface area contributed by atoms with Gasteiger partial charge < -0.3 is 10.5 Å². The fraction of sp³-hybridized carbons (Fsp3) is 0.636. The van der Waals surface area contributed by atoms with Gasteiger partial charge in [-0.2, -0.15) is 11.3 Å². The molecule has 0 spiro atoms. The van der Waals surface area contributed by atoms with Crippen LogP contribution in [0, 0.1) is 0 Å². The van der Waals surface area contributed by atoms with E-state index in [1.807, 2.05) is 0 Å². The smallest absolute Gasteiger partial charge is 0.0483 e. The lowest BCUT2D eigenvalue weighted by atomic mass is 9.86.